The smallest absolute Gasteiger partial charge is 0.226 e. The lowest BCUT2D eigenvalue weighted by atomic mass is 9.64. The highest BCUT2D eigenvalue weighted by atomic mass is 16.2. The summed E-state index contributed by atoms with van der Waals surface area (Å²) in [5, 5.41) is 0. The van der Waals surface area contributed by atoms with Gasteiger partial charge in [-0.2, -0.15) is 0 Å². The number of nitrogens with two attached hydrogens (primary N) is 1. The number of amides is 1. The molecule has 1 aromatic rings. The van der Waals surface area contributed by atoms with Gasteiger partial charge in [-0.1, -0.05) is 30.7 Å². The van der Waals surface area contributed by atoms with Crippen LogP contribution in [-0.4, -0.2) is 28.9 Å². The van der Waals surface area contributed by atoms with Crippen molar-refractivity contribution < 1.29 is 4.79 Å². The number of fused-ring (bicyclic) bond motifs is 2. The summed E-state index contributed by atoms with van der Waals surface area (Å²) >= 11 is 0. The first-order valence-electron chi connectivity index (χ1n) is 11.2. The van der Waals surface area contributed by atoms with E-state index in [-0.39, 0.29) is 5.92 Å². The predicted molar refractivity (Wildman–Crippen MR) is 108 cm³/mol. The van der Waals surface area contributed by atoms with E-state index in [4.69, 9.17) is 5.73 Å². The molecule has 2 atom stereocenters. The van der Waals surface area contributed by atoms with E-state index in [1.807, 2.05) is 0 Å². The van der Waals surface area contributed by atoms with Crippen molar-refractivity contribution in [3.63, 3.8) is 0 Å². The molecule has 4 aliphatic carbocycles. The van der Waals surface area contributed by atoms with Crippen LogP contribution >= 0.6 is 0 Å². The third-order valence-corrected chi connectivity index (χ3v) is 8.09. The molecule has 5 rings (SSSR count). The van der Waals surface area contributed by atoms with E-state index in [1.54, 1.807) is 0 Å². The highest BCUT2D eigenvalue weighted by Gasteiger charge is 2.48. The molecule has 4 fully saturated rings. The second-order valence-corrected chi connectivity index (χ2v) is 9.85. The van der Waals surface area contributed by atoms with E-state index in [2.05, 4.69) is 36.1 Å². The maximum Gasteiger partial charge on any atom is 0.226 e. The second kappa shape index (κ2) is 6.92. The Hall–Kier alpha value is -1.35. The number of aryl methyl sites for hydroxylation is 1. The van der Waals surface area contributed by atoms with Crippen LogP contribution in [0.4, 0.5) is 0 Å². The normalized spacial score (nSPS) is 38.1. The van der Waals surface area contributed by atoms with Gasteiger partial charge in [0.2, 0.25) is 5.91 Å². The summed E-state index contributed by atoms with van der Waals surface area (Å²) in [7, 11) is 0. The quantitative estimate of drug-likeness (QED) is 0.859. The Morgan fingerprint density at radius 2 is 1.63 bits per heavy atom. The Morgan fingerprint density at radius 3 is 2.26 bits per heavy atom. The number of carbonyl (C=O) groups excluding carboxylic acids is 1. The molecule has 4 aliphatic rings. The van der Waals surface area contributed by atoms with Gasteiger partial charge in [-0.25, -0.2) is 0 Å². The number of hydrogen-bond acceptors (Lipinski definition) is 2. The van der Waals surface area contributed by atoms with Crippen molar-refractivity contribution in [1.29, 1.82) is 0 Å². The van der Waals surface area contributed by atoms with Crippen molar-refractivity contribution in [2.45, 2.75) is 88.8 Å². The minimum atomic E-state index is 0.248. The van der Waals surface area contributed by atoms with Crippen LogP contribution in [-0.2, 0) is 4.79 Å². The zero-order valence-corrected chi connectivity index (χ0v) is 16.6. The molecule has 3 heteroatoms. The van der Waals surface area contributed by atoms with E-state index in [1.165, 1.54) is 43.2 Å². The average molecular weight is 367 g/mol. The number of nitrogens with zero attached hydrogens (tertiary/aromatic N) is 1. The van der Waals surface area contributed by atoms with Crippen LogP contribution in [0.2, 0.25) is 0 Å². The Labute approximate surface area is 163 Å². The molecule has 0 spiro atoms. The van der Waals surface area contributed by atoms with Gasteiger partial charge >= 0.3 is 0 Å². The predicted octanol–water partition coefficient (Wildman–Crippen LogP) is 4.39. The summed E-state index contributed by atoms with van der Waals surface area (Å²) in [6.45, 7) is 2.22. The van der Waals surface area contributed by atoms with Crippen LogP contribution < -0.4 is 5.73 Å². The van der Waals surface area contributed by atoms with Crippen LogP contribution in [0, 0.1) is 24.7 Å². The number of benzene rings is 1. The molecule has 0 aliphatic heterocycles. The summed E-state index contributed by atoms with van der Waals surface area (Å²) in [5.74, 6) is 2.55. The number of hydrogen-bond donors (Lipinski definition) is 1. The first-order chi connectivity index (χ1) is 13.1. The van der Waals surface area contributed by atoms with E-state index in [0.29, 0.717) is 41.8 Å². The topological polar surface area (TPSA) is 46.3 Å². The molecule has 0 saturated heterocycles. The summed E-state index contributed by atoms with van der Waals surface area (Å²) in [6, 6.07) is 10.1. The van der Waals surface area contributed by atoms with Crippen LogP contribution in [0.15, 0.2) is 24.3 Å². The third kappa shape index (κ3) is 3.22. The van der Waals surface area contributed by atoms with Gasteiger partial charge in [0.1, 0.15) is 0 Å². The lowest BCUT2D eigenvalue weighted by molar-refractivity contribution is -0.144. The second-order valence-electron chi connectivity index (χ2n) is 9.85. The molecule has 27 heavy (non-hydrogen) atoms. The summed E-state index contributed by atoms with van der Waals surface area (Å²) in [5.41, 5.74) is 9.36. The average Bonchev–Trinajstić information content (AvgIpc) is 3.43. The maximum atomic E-state index is 13.5. The molecule has 4 saturated carbocycles. The summed E-state index contributed by atoms with van der Waals surface area (Å²) in [4.78, 5) is 15.9. The van der Waals surface area contributed by atoms with Crippen molar-refractivity contribution in [3.05, 3.63) is 35.4 Å². The molecule has 3 nitrogen and oxygen atoms in total. The molecule has 2 bridgehead atoms. The minimum absolute atomic E-state index is 0.248. The van der Waals surface area contributed by atoms with E-state index in [0.717, 1.165) is 25.7 Å². The van der Waals surface area contributed by atoms with Crippen LogP contribution in [0.5, 0.6) is 0 Å². The minimum Gasteiger partial charge on any atom is -0.336 e. The lowest BCUT2D eigenvalue weighted by Gasteiger charge is -2.48. The van der Waals surface area contributed by atoms with Crippen molar-refractivity contribution in [3.8, 4) is 0 Å². The van der Waals surface area contributed by atoms with Crippen molar-refractivity contribution in [2.75, 3.05) is 0 Å². The zero-order valence-electron chi connectivity index (χ0n) is 16.6. The molecule has 2 unspecified atom stereocenters. The Kier molecular flexibility index (Phi) is 4.54. The molecule has 0 heterocycles. The van der Waals surface area contributed by atoms with Gasteiger partial charge in [0.05, 0.1) is 0 Å². The lowest BCUT2D eigenvalue weighted by Crippen LogP contribution is -2.54. The molecule has 1 aromatic carbocycles. The molecule has 146 valence electrons. The van der Waals surface area contributed by atoms with E-state index < -0.39 is 0 Å². The highest BCUT2D eigenvalue weighted by molar-refractivity contribution is 5.80. The van der Waals surface area contributed by atoms with Gasteiger partial charge in [-0.15, -0.1) is 0 Å². The fourth-order valence-corrected chi connectivity index (χ4v) is 6.33. The molecular formula is C24H34N2O. The van der Waals surface area contributed by atoms with Gasteiger partial charge in [0.15, 0.2) is 0 Å². The SMILES string of the molecule is Cc1ccccc1C1CC(N(C(=O)C2CC3CCCC(C2)C3N)C2CC2)C1. The highest BCUT2D eigenvalue weighted by Crippen LogP contribution is 2.47. The molecule has 0 radical (unpaired) electrons. The van der Waals surface area contributed by atoms with Gasteiger partial charge in [-0.3, -0.25) is 4.79 Å². The van der Waals surface area contributed by atoms with Gasteiger partial charge in [0.25, 0.3) is 0 Å². The zero-order chi connectivity index (χ0) is 18.5. The van der Waals surface area contributed by atoms with Crippen molar-refractivity contribution in [1.82, 2.24) is 4.90 Å². The Morgan fingerprint density at radius 1 is 0.963 bits per heavy atom. The molecule has 2 N–H and O–H groups in total. The van der Waals surface area contributed by atoms with Crippen LogP contribution in [0.3, 0.4) is 0 Å². The van der Waals surface area contributed by atoms with E-state index in [9.17, 15) is 4.79 Å². The Bertz CT molecular complexity index is 692. The molecular weight excluding hydrogens is 332 g/mol. The van der Waals surface area contributed by atoms with Gasteiger partial charge in [0, 0.05) is 24.0 Å². The van der Waals surface area contributed by atoms with Crippen LogP contribution in [0.1, 0.15) is 74.8 Å². The van der Waals surface area contributed by atoms with Crippen molar-refractivity contribution >= 4 is 5.91 Å². The fraction of sp³-hybridized carbons (Fsp3) is 0.708. The standard InChI is InChI=1S/C24H34N2O/c1-15-5-2-3-8-22(15)18-13-21(14-18)26(20-9-10-20)24(27)19-11-16-6-4-7-17(12-19)23(16)25/h2-3,5,8,16-21,23H,4,6-7,9-14,25H2,1H3. The molecule has 1 amide bonds. The van der Waals surface area contributed by atoms with Gasteiger partial charge in [-0.05, 0) is 87.2 Å². The number of carbonyl (C=O) groups is 1. The first-order valence-corrected chi connectivity index (χ1v) is 11.2. The summed E-state index contributed by atoms with van der Waals surface area (Å²) < 4.78 is 0. The number of rotatable bonds is 4. The molecule has 0 aromatic heterocycles. The van der Waals surface area contributed by atoms with Gasteiger partial charge < -0.3 is 10.6 Å². The van der Waals surface area contributed by atoms with Crippen molar-refractivity contribution in [2.24, 2.45) is 23.5 Å². The third-order valence-electron chi connectivity index (χ3n) is 8.09. The fourth-order valence-electron chi connectivity index (χ4n) is 6.33. The first kappa shape index (κ1) is 17.7. The summed E-state index contributed by atoms with van der Waals surface area (Å²) in [6.07, 6.45) is 10.6. The van der Waals surface area contributed by atoms with E-state index >= 15 is 0 Å². The monoisotopic (exact) mass is 366 g/mol. The Balaban J connectivity index is 1.27. The van der Waals surface area contributed by atoms with Crippen LogP contribution in [0.25, 0.3) is 0 Å². The largest absolute Gasteiger partial charge is 0.336 e. The maximum absolute atomic E-state index is 13.5.